The van der Waals surface area contributed by atoms with E-state index in [0.717, 1.165) is 10.8 Å². The Balaban J connectivity index is 1.69. The third-order valence-electron chi connectivity index (χ3n) is 3.36. The number of methoxy groups -OCH3 is 1. The predicted octanol–water partition coefficient (Wildman–Crippen LogP) is 2.19. The van der Waals surface area contributed by atoms with E-state index in [1.165, 1.54) is 0 Å². The Bertz CT molecular complexity index is 754. The van der Waals surface area contributed by atoms with Crippen molar-refractivity contribution in [3.8, 4) is 5.75 Å². The maximum Gasteiger partial charge on any atom is 0.280 e. The molecule has 116 valence electrons. The minimum Gasteiger partial charge on any atom is -0.497 e. The molecule has 0 spiro atoms. The van der Waals surface area contributed by atoms with Crippen LogP contribution in [0.5, 0.6) is 5.75 Å². The molecule has 1 aliphatic rings. The van der Waals surface area contributed by atoms with Gasteiger partial charge in [-0.15, -0.1) is 0 Å². The van der Waals surface area contributed by atoms with Crippen LogP contribution >= 0.6 is 12.2 Å². The summed E-state index contributed by atoms with van der Waals surface area (Å²) >= 11 is 5.15. The van der Waals surface area contributed by atoms with Gasteiger partial charge in [0.15, 0.2) is 5.11 Å². The van der Waals surface area contributed by atoms with E-state index in [1.807, 2.05) is 0 Å². The number of rotatable bonds is 3. The maximum absolute atomic E-state index is 12.2. The Labute approximate surface area is 138 Å². The Morgan fingerprint density at radius 1 is 1.00 bits per heavy atom. The Kier molecular flexibility index (Phi) is 3.94. The highest BCUT2D eigenvalue weighted by Gasteiger charge is 2.35. The van der Waals surface area contributed by atoms with Crippen LogP contribution in [-0.2, 0) is 0 Å². The van der Waals surface area contributed by atoms with Gasteiger partial charge in [-0.05, 0) is 48.6 Å². The first-order valence-corrected chi connectivity index (χ1v) is 7.20. The van der Waals surface area contributed by atoms with Gasteiger partial charge in [0.05, 0.1) is 18.2 Å². The second-order valence-corrected chi connectivity index (χ2v) is 5.19. The lowest BCUT2D eigenvalue weighted by Gasteiger charge is -2.18. The van der Waals surface area contributed by atoms with Crippen LogP contribution in [0, 0.1) is 0 Å². The Morgan fingerprint density at radius 2 is 1.57 bits per heavy atom. The lowest BCUT2D eigenvalue weighted by Crippen LogP contribution is -2.47. The predicted molar refractivity (Wildman–Crippen MR) is 89.3 cm³/mol. The molecule has 23 heavy (non-hydrogen) atoms. The average Bonchev–Trinajstić information content (AvgIpc) is 2.81. The second-order valence-electron chi connectivity index (χ2n) is 4.79. The molecule has 2 aromatic carbocycles. The number of nitrogens with zero attached hydrogens (tertiary/aromatic N) is 1. The van der Waals surface area contributed by atoms with Crippen LogP contribution in [0.1, 0.15) is 20.7 Å². The Hall–Kier alpha value is -2.93. The number of carbonyl (C=O) groups excluding carboxylic acids is 2. The number of fused-ring (bicyclic) bond motifs is 1. The van der Waals surface area contributed by atoms with Gasteiger partial charge in [-0.3, -0.25) is 15.0 Å². The van der Waals surface area contributed by atoms with Crippen LogP contribution in [0.4, 0.5) is 5.69 Å². The molecule has 0 bridgehead atoms. The number of anilines is 1. The van der Waals surface area contributed by atoms with Crippen LogP contribution in [0.15, 0.2) is 48.5 Å². The van der Waals surface area contributed by atoms with E-state index in [2.05, 4.69) is 10.7 Å². The molecule has 6 nitrogen and oxygen atoms in total. The minimum atomic E-state index is -0.426. The highest BCUT2D eigenvalue weighted by atomic mass is 32.1. The van der Waals surface area contributed by atoms with Crippen molar-refractivity contribution in [2.75, 3.05) is 12.4 Å². The molecule has 0 fully saturated rings. The number of ether oxygens (including phenoxy) is 1. The summed E-state index contributed by atoms with van der Waals surface area (Å²) < 4.78 is 5.07. The molecule has 2 aromatic rings. The fourth-order valence-corrected chi connectivity index (χ4v) is 2.43. The highest BCUT2D eigenvalue weighted by molar-refractivity contribution is 7.80. The number of carbonyl (C=O) groups is 2. The zero-order chi connectivity index (χ0) is 16.4. The van der Waals surface area contributed by atoms with Gasteiger partial charge in [0.25, 0.3) is 11.8 Å². The van der Waals surface area contributed by atoms with Crippen molar-refractivity contribution in [2.24, 2.45) is 0 Å². The van der Waals surface area contributed by atoms with Crippen LogP contribution < -0.4 is 15.5 Å². The zero-order valence-electron chi connectivity index (χ0n) is 12.2. The number of hydrogen-bond acceptors (Lipinski definition) is 4. The zero-order valence-corrected chi connectivity index (χ0v) is 13.0. The van der Waals surface area contributed by atoms with E-state index < -0.39 is 11.8 Å². The number of thiocarbonyl (C=S) groups is 1. The first kappa shape index (κ1) is 15.0. The summed E-state index contributed by atoms with van der Waals surface area (Å²) in [5, 5.41) is 3.96. The molecule has 1 heterocycles. The molecule has 0 atom stereocenters. The first-order valence-electron chi connectivity index (χ1n) is 6.79. The number of amides is 2. The van der Waals surface area contributed by atoms with Gasteiger partial charge in [0, 0.05) is 5.69 Å². The molecule has 0 aromatic heterocycles. The van der Waals surface area contributed by atoms with Gasteiger partial charge in [-0.1, -0.05) is 12.1 Å². The number of benzene rings is 2. The third-order valence-corrected chi connectivity index (χ3v) is 3.55. The van der Waals surface area contributed by atoms with E-state index in [9.17, 15) is 9.59 Å². The van der Waals surface area contributed by atoms with Gasteiger partial charge < -0.3 is 10.1 Å². The van der Waals surface area contributed by atoms with Gasteiger partial charge in [-0.25, -0.2) is 0 Å². The molecule has 7 heteroatoms. The quantitative estimate of drug-likeness (QED) is 0.665. The van der Waals surface area contributed by atoms with E-state index in [1.54, 1.807) is 55.6 Å². The standard InChI is InChI=1S/C16H13N3O3S/c1-22-11-8-6-10(7-9-11)17-16(23)18-19-14(20)12-4-2-3-5-13(12)15(19)21/h2-9H,1H3,(H2,17,18,23). The normalized spacial score (nSPS) is 12.8. The SMILES string of the molecule is COc1ccc(NC(=S)NN2C(=O)c3ccccc3C2=O)cc1. The van der Waals surface area contributed by atoms with Gasteiger partial charge in [-0.2, -0.15) is 5.01 Å². The van der Waals surface area contributed by atoms with Gasteiger partial charge in [0.2, 0.25) is 0 Å². The van der Waals surface area contributed by atoms with Crippen molar-refractivity contribution in [1.29, 1.82) is 0 Å². The van der Waals surface area contributed by atoms with Crippen molar-refractivity contribution in [3.63, 3.8) is 0 Å². The minimum absolute atomic E-state index is 0.143. The summed E-state index contributed by atoms with van der Waals surface area (Å²) in [6, 6.07) is 13.7. The maximum atomic E-state index is 12.2. The smallest absolute Gasteiger partial charge is 0.280 e. The summed E-state index contributed by atoms with van der Waals surface area (Å²) in [7, 11) is 1.58. The van der Waals surface area contributed by atoms with Crippen LogP contribution in [0.2, 0.25) is 0 Å². The van der Waals surface area contributed by atoms with Crippen LogP contribution in [-0.4, -0.2) is 29.0 Å². The number of nitrogens with one attached hydrogen (secondary N) is 2. The monoisotopic (exact) mass is 327 g/mol. The number of hydrazine groups is 1. The third kappa shape index (κ3) is 2.86. The fourth-order valence-electron chi connectivity index (χ4n) is 2.23. The fraction of sp³-hybridized carbons (Fsp3) is 0.0625. The van der Waals surface area contributed by atoms with E-state index in [0.29, 0.717) is 16.8 Å². The van der Waals surface area contributed by atoms with E-state index in [4.69, 9.17) is 17.0 Å². The Morgan fingerprint density at radius 3 is 2.09 bits per heavy atom. The molecule has 0 radical (unpaired) electrons. The summed E-state index contributed by atoms with van der Waals surface area (Å²) in [4.78, 5) is 24.4. The average molecular weight is 327 g/mol. The molecule has 2 N–H and O–H groups in total. The summed E-state index contributed by atoms with van der Waals surface area (Å²) in [5.74, 6) is -0.135. The van der Waals surface area contributed by atoms with Crippen molar-refractivity contribution in [1.82, 2.24) is 10.4 Å². The molecule has 1 aliphatic heterocycles. The molecule has 3 rings (SSSR count). The van der Waals surface area contributed by atoms with Crippen molar-refractivity contribution < 1.29 is 14.3 Å². The van der Waals surface area contributed by atoms with Crippen LogP contribution in [0.3, 0.4) is 0 Å². The van der Waals surface area contributed by atoms with Crippen LogP contribution in [0.25, 0.3) is 0 Å². The summed E-state index contributed by atoms with van der Waals surface area (Å²) in [6.45, 7) is 0. The lowest BCUT2D eigenvalue weighted by atomic mass is 10.1. The molecule has 0 saturated carbocycles. The second kappa shape index (κ2) is 6.05. The van der Waals surface area contributed by atoms with E-state index in [-0.39, 0.29) is 5.11 Å². The number of imide groups is 1. The molecule has 0 saturated heterocycles. The van der Waals surface area contributed by atoms with Gasteiger partial charge >= 0.3 is 0 Å². The van der Waals surface area contributed by atoms with Crippen molar-refractivity contribution in [2.45, 2.75) is 0 Å². The van der Waals surface area contributed by atoms with E-state index >= 15 is 0 Å². The summed E-state index contributed by atoms with van der Waals surface area (Å²) in [5.41, 5.74) is 4.05. The van der Waals surface area contributed by atoms with Gasteiger partial charge in [0.1, 0.15) is 5.75 Å². The molecular weight excluding hydrogens is 314 g/mol. The molecule has 2 amide bonds. The lowest BCUT2D eigenvalue weighted by molar-refractivity contribution is 0.0613. The highest BCUT2D eigenvalue weighted by Crippen LogP contribution is 2.21. The van der Waals surface area contributed by atoms with Crippen molar-refractivity contribution >= 4 is 34.8 Å². The summed E-state index contributed by atoms with van der Waals surface area (Å²) in [6.07, 6.45) is 0. The molecule has 0 unspecified atom stereocenters. The largest absolute Gasteiger partial charge is 0.497 e. The first-order chi connectivity index (χ1) is 11.1. The topological polar surface area (TPSA) is 70.7 Å². The number of hydrogen-bond donors (Lipinski definition) is 2. The van der Waals surface area contributed by atoms with Crippen molar-refractivity contribution in [3.05, 3.63) is 59.7 Å². The molecule has 0 aliphatic carbocycles. The molecular formula is C16H13N3O3S.